The Morgan fingerprint density at radius 1 is 1.29 bits per heavy atom. The highest BCUT2D eigenvalue weighted by Crippen LogP contribution is 1.99. The molecular weight excluding hydrogens is 304 g/mol. The van der Waals surface area contributed by atoms with Crippen molar-refractivity contribution in [1.82, 2.24) is 25.5 Å². The molecule has 3 N–H and O–H groups in total. The fourth-order valence-electron chi connectivity index (χ4n) is 2.20. The standard InChI is InChI=1S/C17H32N6O/c1-6-18-16(21-13-15(24)22-17(3,4)5)20-9-7-8-11-23-12-10-19-14(23)2/h10,12H,6-9,11,13H2,1-5H3,(H,22,24)(H2,18,20,21). The largest absolute Gasteiger partial charge is 0.357 e. The third-order valence-electron chi connectivity index (χ3n) is 3.28. The quantitative estimate of drug-likeness (QED) is 0.381. The van der Waals surface area contributed by atoms with E-state index in [0.29, 0.717) is 5.96 Å². The number of imidazole rings is 1. The van der Waals surface area contributed by atoms with Crippen molar-refractivity contribution in [2.45, 2.75) is 59.5 Å². The van der Waals surface area contributed by atoms with Gasteiger partial charge >= 0.3 is 0 Å². The van der Waals surface area contributed by atoms with Gasteiger partial charge in [-0.15, -0.1) is 0 Å². The van der Waals surface area contributed by atoms with Crippen molar-refractivity contribution in [3.63, 3.8) is 0 Å². The van der Waals surface area contributed by atoms with E-state index in [0.717, 1.165) is 38.3 Å². The molecule has 0 saturated carbocycles. The number of amides is 1. The van der Waals surface area contributed by atoms with Crippen LogP contribution in [0.25, 0.3) is 0 Å². The summed E-state index contributed by atoms with van der Waals surface area (Å²) < 4.78 is 2.15. The Balaban J connectivity index is 2.30. The van der Waals surface area contributed by atoms with Crippen molar-refractivity contribution in [3.05, 3.63) is 18.2 Å². The lowest BCUT2D eigenvalue weighted by molar-refractivity contribution is -0.121. The minimum absolute atomic E-state index is 0.0738. The second-order valence-corrected chi connectivity index (χ2v) is 6.80. The summed E-state index contributed by atoms with van der Waals surface area (Å²) in [7, 11) is 0. The second-order valence-electron chi connectivity index (χ2n) is 6.80. The Kier molecular flexibility index (Phi) is 8.29. The van der Waals surface area contributed by atoms with Crippen LogP contribution in [-0.4, -0.2) is 46.6 Å². The van der Waals surface area contributed by atoms with Crippen LogP contribution in [0.5, 0.6) is 0 Å². The molecule has 0 unspecified atom stereocenters. The van der Waals surface area contributed by atoms with Crippen molar-refractivity contribution in [1.29, 1.82) is 0 Å². The molecule has 0 fully saturated rings. The third-order valence-corrected chi connectivity index (χ3v) is 3.28. The van der Waals surface area contributed by atoms with E-state index in [1.165, 1.54) is 0 Å². The van der Waals surface area contributed by atoms with Gasteiger partial charge in [0, 0.05) is 37.6 Å². The van der Waals surface area contributed by atoms with Crippen LogP contribution in [0.2, 0.25) is 0 Å². The number of aromatic nitrogens is 2. The molecule has 1 rings (SSSR count). The molecule has 136 valence electrons. The first-order valence-electron chi connectivity index (χ1n) is 8.62. The number of nitrogens with one attached hydrogen (secondary N) is 3. The molecule has 7 nitrogen and oxygen atoms in total. The van der Waals surface area contributed by atoms with E-state index in [1.54, 1.807) is 0 Å². The molecule has 0 saturated heterocycles. The first kappa shape index (κ1) is 20.0. The van der Waals surface area contributed by atoms with E-state index in [9.17, 15) is 4.79 Å². The molecule has 0 aliphatic heterocycles. The van der Waals surface area contributed by atoms with Crippen molar-refractivity contribution in [2.24, 2.45) is 4.99 Å². The van der Waals surface area contributed by atoms with Gasteiger partial charge in [0.2, 0.25) is 5.91 Å². The molecule has 0 aliphatic carbocycles. The maximum Gasteiger partial charge on any atom is 0.242 e. The zero-order chi connectivity index (χ0) is 18.0. The van der Waals surface area contributed by atoms with E-state index in [4.69, 9.17) is 0 Å². The molecule has 1 amide bonds. The normalized spacial score (nSPS) is 12.1. The van der Waals surface area contributed by atoms with E-state index < -0.39 is 0 Å². The van der Waals surface area contributed by atoms with E-state index in [1.807, 2.05) is 47.0 Å². The molecule has 0 aliphatic rings. The molecule has 0 aromatic carbocycles. The summed E-state index contributed by atoms with van der Waals surface area (Å²) in [5, 5.41) is 9.33. The summed E-state index contributed by atoms with van der Waals surface area (Å²) >= 11 is 0. The number of hydrogen-bond donors (Lipinski definition) is 3. The van der Waals surface area contributed by atoms with E-state index in [-0.39, 0.29) is 18.0 Å². The Hall–Kier alpha value is -2.05. The van der Waals surface area contributed by atoms with Gasteiger partial charge in [0.1, 0.15) is 12.4 Å². The van der Waals surface area contributed by atoms with Gasteiger partial charge in [0.25, 0.3) is 0 Å². The minimum atomic E-state index is -0.232. The summed E-state index contributed by atoms with van der Waals surface area (Å²) in [5.74, 6) is 1.65. The van der Waals surface area contributed by atoms with E-state index in [2.05, 4.69) is 30.5 Å². The van der Waals surface area contributed by atoms with Gasteiger partial charge in [-0.05, 0) is 47.5 Å². The lowest BCUT2D eigenvalue weighted by Gasteiger charge is -2.20. The van der Waals surface area contributed by atoms with Gasteiger partial charge in [-0.25, -0.2) is 9.98 Å². The smallest absolute Gasteiger partial charge is 0.242 e. The fraction of sp³-hybridized carbons (Fsp3) is 0.706. The lowest BCUT2D eigenvalue weighted by atomic mass is 10.1. The number of unbranched alkanes of at least 4 members (excludes halogenated alkanes) is 1. The molecule has 0 bridgehead atoms. The summed E-state index contributed by atoms with van der Waals surface area (Å²) in [4.78, 5) is 20.4. The Bertz CT molecular complexity index is 529. The zero-order valence-corrected chi connectivity index (χ0v) is 15.6. The van der Waals surface area contributed by atoms with Crippen LogP contribution >= 0.6 is 0 Å². The number of rotatable bonds is 8. The summed E-state index contributed by atoms with van der Waals surface area (Å²) in [6, 6.07) is 0. The van der Waals surface area contributed by atoms with Gasteiger partial charge in [-0.3, -0.25) is 4.79 Å². The zero-order valence-electron chi connectivity index (χ0n) is 15.6. The number of hydrogen-bond acceptors (Lipinski definition) is 3. The van der Waals surface area contributed by atoms with Crippen LogP contribution in [0.4, 0.5) is 0 Å². The van der Waals surface area contributed by atoms with Gasteiger partial charge in [-0.2, -0.15) is 0 Å². The minimum Gasteiger partial charge on any atom is -0.357 e. The van der Waals surface area contributed by atoms with Crippen molar-refractivity contribution in [3.8, 4) is 0 Å². The van der Waals surface area contributed by atoms with Crippen LogP contribution in [0, 0.1) is 6.92 Å². The topological polar surface area (TPSA) is 83.3 Å². The highest BCUT2D eigenvalue weighted by Gasteiger charge is 2.13. The Labute approximate surface area is 145 Å². The van der Waals surface area contributed by atoms with Crippen LogP contribution in [0.1, 0.15) is 46.4 Å². The number of guanidine groups is 1. The van der Waals surface area contributed by atoms with Crippen LogP contribution < -0.4 is 16.0 Å². The van der Waals surface area contributed by atoms with Crippen molar-refractivity contribution < 1.29 is 4.79 Å². The lowest BCUT2D eigenvalue weighted by Crippen LogP contribution is -2.43. The number of aliphatic imine (C=N–C) groups is 1. The van der Waals surface area contributed by atoms with Crippen LogP contribution in [0.15, 0.2) is 17.4 Å². The highest BCUT2D eigenvalue weighted by molar-refractivity contribution is 5.85. The molecular formula is C17H32N6O. The summed E-state index contributed by atoms with van der Waals surface area (Å²) in [5.41, 5.74) is -0.232. The maximum absolute atomic E-state index is 11.8. The van der Waals surface area contributed by atoms with Gasteiger partial charge in [-0.1, -0.05) is 0 Å². The number of carbonyl (C=O) groups is 1. The maximum atomic E-state index is 11.8. The average Bonchev–Trinajstić information content (AvgIpc) is 2.88. The monoisotopic (exact) mass is 336 g/mol. The number of nitrogens with zero attached hydrogens (tertiary/aromatic N) is 3. The molecule has 1 aromatic rings. The number of aryl methyl sites for hydroxylation is 2. The van der Waals surface area contributed by atoms with Gasteiger partial charge < -0.3 is 20.5 Å². The number of carbonyl (C=O) groups excluding carboxylic acids is 1. The SMILES string of the molecule is CCNC(=NCC(=O)NC(C)(C)C)NCCCCn1ccnc1C. The molecule has 7 heteroatoms. The van der Waals surface area contributed by atoms with Crippen LogP contribution in [-0.2, 0) is 11.3 Å². The Morgan fingerprint density at radius 3 is 2.62 bits per heavy atom. The molecule has 0 spiro atoms. The average molecular weight is 336 g/mol. The van der Waals surface area contributed by atoms with Crippen molar-refractivity contribution >= 4 is 11.9 Å². The predicted molar refractivity (Wildman–Crippen MR) is 98.1 cm³/mol. The highest BCUT2D eigenvalue weighted by atomic mass is 16.2. The van der Waals surface area contributed by atoms with E-state index >= 15 is 0 Å². The molecule has 0 radical (unpaired) electrons. The summed E-state index contributed by atoms with van der Waals surface area (Å²) in [6.07, 6.45) is 5.92. The first-order chi connectivity index (χ1) is 11.3. The van der Waals surface area contributed by atoms with Crippen LogP contribution in [0.3, 0.4) is 0 Å². The van der Waals surface area contributed by atoms with Gasteiger partial charge in [0.15, 0.2) is 5.96 Å². The van der Waals surface area contributed by atoms with Gasteiger partial charge in [0.05, 0.1) is 0 Å². The first-order valence-corrected chi connectivity index (χ1v) is 8.62. The predicted octanol–water partition coefficient (Wildman–Crippen LogP) is 1.44. The van der Waals surface area contributed by atoms with Crippen molar-refractivity contribution in [2.75, 3.05) is 19.6 Å². The summed E-state index contributed by atoms with van der Waals surface area (Å²) in [6.45, 7) is 12.6. The Morgan fingerprint density at radius 2 is 2.04 bits per heavy atom. The molecule has 1 heterocycles. The fourth-order valence-corrected chi connectivity index (χ4v) is 2.20. The molecule has 1 aromatic heterocycles. The second kappa shape index (κ2) is 9.95. The molecule has 0 atom stereocenters. The molecule has 24 heavy (non-hydrogen) atoms. The third kappa shape index (κ3) is 8.55.